The lowest BCUT2D eigenvalue weighted by Crippen LogP contribution is -2.32. The number of hydrogen-bond acceptors (Lipinski definition) is 4. The van der Waals surface area contributed by atoms with Crippen molar-refractivity contribution in [2.24, 2.45) is 0 Å². The van der Waals surface area contributed by atoms with Crippen LogP contribution in [0.1, 0.15) is 33.2 Å². The molecule has 6 nitrogen and oxygen atoms in total. The highest BCUT2D eigenvalue weighted by Crippen LogP contribution is 2.30. The highest BCUT2D eigenvalue weighted by molar-refractivity contribution is 5.95. The Morgan fingerprint density at radius 3 is 2.42 bits per heavy atom. The molecule has 2 amide bonds. The maximum absolute atomic E-state index is 14.0. The van der Waals surface area contributed by atoms with E-state index in [0.29, 0.717) is 33.7 Å². The molecule has 0 radical (unpaired) electrons. The molecule has 0 aliphatic rings. The number of carbonyl (C=O) groups excluding carboxylic acids is 2. The number of benzene rings is 3. The molecule has 1 aromatic heterocycles. The van der Waals surface area contributed by atoms with E-state index in [1.807, 2.05) is 18.2 Å². The standard InChI is InChI=1S/C30H27F2N3O3/c1-33-30(37)22-8-4-7-21(17-22)26-10-5-11-34-29(26)27(15-20-12-23(31)18-24(32)13-20)35-28(36)16-19-6-3-9-25(14-19)38-2/h3-14,17-18,27H,15-16H2,1-2H3,(H,33,37)(H,35,36)/t27-/m0/s1. The summed E-state index contributed by atoms with van der Waals surface area (Å²) in [4.78, 5) is 29.9. The predicted molar refractivity (Wildman–Crippen MR) is 141 cm³/mol. The number of aromatic nitrogens is 1. The number of hydrogen-bond donors (Lipinski definition) is 2. The molecule has 0 aliphatic carbocycles. The molecule has 0 fully saturated rings. The maximum atomic E-state index is 14.0. The van der Waals surface area contributed by atoms with Crippen molar-refractivity contribution in [1.29, 1.82) is 0 Å². The maximum Gasteiger partial charge on any atom is 0.251 e. The summed E-state index contributed by atoms with van der Waals surface area (Å²) < 4.78 is 33.3. The number of halogens is 2. The van der Waals surface area contributed by atoms with Gasteiger partial charge in [-0.3, -0.25) is 14.6 Å². The Bertz CT molecular complexity index is 1440. The highest BCUT2D eigenvalue weighted by Gasteiger charge is 2.22. The fourth-order valence-corrected chi connectivity index (χ4v) is 4.31. The first kappa shape index (κ1) is 26.5. The molecule has 2 N–H and O–H groups in total. The summed E-state index contributed by atoms with van der Waals surface area (Å²) in [6, 6.07) is 20.3. The van der Waals surface area contributed by atoms with Gasteiger partial charge >= 0.3 is 0 Å². The van der Waals surface area contributed by atoms with E-state index >= 15 is 0 Å². The Labute approximate surface area is 219 Å². The summed E-state index contributed by atoms with van der Waals surface area (Å²) in [7, 11) is 3.10. The Kier molecular flexibility index (Phi) is 8.43. The van der Waals surface area contributed by atoms with Gasteiger partial charge in [-0.2, -0.15) is 0 Å². The Balaban J connectivity index is 1.71. The van der Waals surface area contributed by atoms with E-state index in [-0.39, 0.29) is 24.7 Å². The third-order valence-corrected chi connectivity index (χ3v) is 6.03. The van der Waals surface area contributed by atoms with E-state index in [9.17, 15) is 18.4 Å². The van der Waals surface area contributed by atoms with Gasteiger partial charge in [-0.1, -0.05) is 30.3 Å². The minimum atomic E-state index is -0.714. The molecule has 0 aliphatic heterocycles. The van der Waals surface area contributed by atoms with E-state index in [1.54, 1.807) is 62.8 Å². The van der Waals surface area contributed by atoms with Gasteiger partial charge in [0.25, 0.3) is 5.91 Å². The van der Waals surface area contributed by atoms with Crippen LogP contribution in [0.25, 0.3) is 11.1 Å². The fourth-order valence-electron chi connectivity index (χ4n) is 4.31. The molecule has 4 rings (SSSR count). The second kappa shape index (κ2) is 12.1. The number of ether oxygens (including phenoxy) is 1. The molecule has 0 unspecified atom stereocenters. The molecule has 194 valence electrons. The number of rotatable bonds is 9. The molecule has 38 heavy (non-hydrogen) atoms. The number of pyridine rings is 1. The average molecular weight is 516 g/mol. The first-order valence-corrected chi connectivity index (χ1v) is 12.0. The van der Waals surface area contributed by atoms with Crippen LogP contribution in [-0.2, 0) is 17.6 Å². The van der Waals surface area contributed by atoms with Crippen molar-refractivity contribution in [1.82, 2.24) is 15.6 Å². The summed E-state index contributed by atoms with van der Waals surface area (Å²) in [5.74, 6) is -1.32. The van der Waals surface area contributed by atoms with Gasteiger partial charge in [-0.05, 0) is 65.6 Å². The van der Waals surface area contributed by atoms with Gasteiger partial charge in [-0.15, -0.1) is 0 Å². The summed E-state index contributed by atoms with van der Waals surface area (Å²) in [6.07, 6.45) is 1.76. The SMILES string of the molecule is CNC(=O)c1cccc(-c2cccnc2[C@H](Cc2cc(F)cc(F)c2)NC(=O)Cc2cccc(OC)c2)c1. The van der Waals surface area contributed by atoms with Crippen LogP contribution in [0.4, 0.5) is 8.78 Å². The smallest absolute Gasteiger partial charge is 0.251 e. The van der Waals surface area contributed by atoms with Crippen LogP contribution >= 0.6 is 0 Å². The second-order valence-corrected chi connectivity index (χ2v) is 8.73. The lowest BCUT2D eigenvalue weighted by atomic mass is 9.94. The van der Waals surface area contributed by atoms with Gasteiger partial charge in [0.15, 0.2) is 0 Å². The van der Waals surface area contributed by atoms with Gasteiger partial charge in [0.05, 0.1) is 25.3 Å². The van der Waals surface area contributed by atoms with E-state index in [1.165, 1.54) is 12.1 Å². The lowest BCUT2D eigenvalue weighted by molar-refractivity contribution is -0.121. The molecule has 0 spiro atoms. The zero-order valence-electron chi connectivity index (χ0n) is 21.0. The van der Waals surface area contributed by atoms with Crippen molar-refractivity contribution in [3.63, 3.8) is 0 Å². The second-order valence-electron chi connectivity index (χ2n) is 8.73. The largest absolute Gasteiger partial charge is 0.497 e. The summed E-state index contributed by atoms with van der Waals surface area (Å²) >= 11 is 0. The van der Waals surface area contributed by atoms with Crippen LogP contribution < -0.4 is 15.4 Å². The van der Waals surface area contributed by atoms with Crippen LogP contribution in [0.2, 0.25) is 0 Å². The van der Waals surface area contributed by atoms with Gasteiger partial charge in [-0.25, -0.2) is 8.78 Å². The molecular weight excluding hydrogens is 488 g/mol. The van der Waals surface area contributed by atoms with Gasteiger partial charge in [0, 0.05) is 30.4 Å². The summed E-state index contributed by atoms with van der Waals surface area (Å²) in [5.41, 5.74) is 3.48. The van der Waals surface area contributed by atoms with Gasteiger partial charge in [0.1, 0.15) is 17.4 Å². The third kappa shape index (κ3) is 6.59. The van der Waals surface area contributed by atoms with E-state index in [0.717, 1.165) is 11.6 Å². The van der Waals surface area contributed by atoms with Crippen molar-refractivity contribution in [3.8, 4) is 16.9 Å². The molecule has 8 heteroatoms. The first-order valence-electron chi connectivity index (χ1n) is 12.0. The lowest BCUT2D eigenvalue weighted by Gasteiger charge is -2.22. The number of amides is 2. The molecule has 0 saturated carbocycles. The summed E-state index contributed by atoms with van der Waals surface area (Å²) in [6.45, 7) is 0. The zero-order valence-corrected chi connectivity index (χ0v) is 21.0. The molecule has 0 saturated heterocycles. The molecule has 3 aromatic carbocycles. The van der Waals surface area contributed by atoms with Gasteiger partial charge in [0.2, 0.25) is 5.91 Å². The molecule has 4 aromatic rings. The quantitative estimate of drug-likeness (QED) is 0.327. The van der Waals surface area contributed by atoms with Crippen LogP contribution in [0, 0.1) is 11.6 Å². The van der Waals surface area contributed by atoms with Crippen molar-refractivity contribution >= 4 is 11.8 Å². The first-order chi connectivity index (χ1) is 18.4. The normalized spacial score (nSPS) is 11.5. The summed E-state index contributed by atoms with van der Waals surface area (Å²) in [5, 5.41) is 5.61. The minimum absolute atomic E-state index is 0.0690. The van der Waals surface area contributed by atoms with Crippen molar-refractivity contribution < 1.29 is 23.1 Å². The van der Waals surface area contributed by atoms with Crippen molar-refractivity contribution in [2.45, 2.75) is 18.9 Å². The Morgan fingerprint density at radius 1 is 0.921 bits per heavy atom. The van der Waals surface area contributed by atoms with Crippen molar-refractivity contribution in [3.05, 3.63) is 119 Å². The average Bonchev–Trinajstić information content (AvgIpc) is 2.92. The topological polar surface area (TPSA) is 80.3 Å². The number of methoxy groups -OCH3 is 1. The number of nitrogens with one attached hydrogen (secondary N) is 2. The van der Waals surface area contributed by atoms with E-state index in [2.05, 4.69) is 15.6 Å². The van der Waals surface area contributed by atoms with Crippen LogP contribution in [0.15, 0.2) is 85.1 Å². The highest BCUT2D eigenvalue weighted by atomic mass is 19.1. The predicted octanol–water partition coefficient (Wildman–Crippen LogP) is 5.04. The molecule has 1 heterocycles. The van der Waals surface area contributed by atoms with Crippen LogP contribution in [-0.4, -0.2) is 31.0 Å². The Hall–Kier alpha value is -4.59. The number of carbonyl (C=O) groups is 2. The molecule has 0 bridgehead atoms. The minimum Gasteiger partial charge on any atom is -0.497 e. The van der Waals surface area contributed by atoms with Crippen molar-refractivity contribution in [2.75, 3.05) is 14.2 Å². The molecule has 1 atom stereocenters. The molecular formula is C30H27F2N3O3. The monoisotopic (exact) mass is 515 g/mol. The third-order valence-electron chi connectivity index (χ3n) is 6.03. The van der Waals surface area contributed by atoms with Crippen LogP contribution in [0.3, 0.4) is 0 Å². The Morgan fingerprint density at radius 2 is 1.68 bits per heavy atom. The van der Waals surface area contributed by atoms with Gasteiger partial charge < -0.3 is 15.4 Å². The zero-order chi connectivity index (χ0) is 27.1. The van der Waals surface area contributed by atoms with Crippen LogP contribution in [0.5, 0.6) is 5.75 Å². The van der Waals surface area contributed by atoms with E-state index < -0.39 is 17.7 Å². The van der Waals surface area contributed by atoms with E-state index in [4.69, 9.17) is 4.74 Å². The number of nitrogens with zero attached hydrogens (tertiary/aromatic N) is 1. The fraction of sp³-hybridized carbons (Fsp3) is 0.167.